The average molecular weight is 823 g/mol. The highest BCUT2D eigenvalue weighted by Crippen LogP contribution is 2.44. The molecule has 14 rings (SSSR count). The molecule has 0 N–H and O–H groups in total. The summed E-state index contributed by atoms with van der Waals surface area (Å²) >= 11 is 0. The van der Waals surface area contributed by atoms with Crippen LogP contribution in [0.4, 0.5) is 0 Å². The Morgan fingerprint density at radius 3 is 1.59 bits per heavy atom. The lowest BCUT2D eigenvalue weighted by Gasteiger charge is -2.11. The number of benzene rings is 6. The Morgan fingerprint density at radius 2 is 0.938 bits per heavy atom. The summed E-state index contributed by atoms with van der Waals surface area (Å²) < 4.78 is 18.0. The van der Waals surface area contributed by atoms with Gasteiger partial charge in [-0.2, -0.15) is 0 Å². The first-order chi connectivity index (χ1) is 31.7. The molecule has 0 bridgehead atoms. The first kappa shape index (κ1) is 34.7. The molecule has 0 amide bonds. The standard InChI is InChI=1S/C54H30N8O2/c1-3-11-44-37(9-1)49-53(59-21-19-57-49)61(44)36-27-39(34-8-6-18-56-30-34)51-43(28-36)41-24-32(13-15-47(41)63-51)31-14-16-48-40(23-31)42-25-35(33-7-5-17-55-29-33)26-46(52(42)64-48)62-45-12-4-2-10-38(45)50-54(62)60-22-20-58-50/h1-30H. The summed E-state index contributed by atoms with van der Waals surface area (Å²) in [4.78, 5) is 28.2. The SMILES string of the molecule is c1cncc(-c2cc(-n3c4ccccc4c4nccnc43)c3oc4ccc(-c5ccc6oc7c(-c8cccnc8)cc(-n8c9ccccc9c9nccnc98)cc7c6c5)cc4c3c2)c1. The molecular formula is C54H30N8O2. The molecule has 0 aliphatic rings. The van der Waals surface area contributed by atoms with Crippen molar-refractivity contribution in [1.29, 1.82) is 0 Å². The Hall–Kier alpha value is -9.02. The zero-order chi connectivity index (χ0) is 41.9. The van der Waals surface area contributed by atoms with Gasteiger partial charge >= 0.3 is 0 Å². The maximum atomic E-state index is 6.85. The molecule has 8 aromatic heterocycles. The van der Waals surface area contributed by atoms with Gasteiger partial charge in [-0.3, -0.25) is 29.1 Å². The third-order valence-corrected chi connectivity index (χ3v) is 12.5. The van der Waals surface area contributed by atoms with Gasteiger partial charge in [0.2, 0.25) is 0 Å². The summed E-state index contributed by atoms with van der Waals surface area (Å²) in [6, 6.07) is 46.3. The van der Waals surface area contributed by atoms with E-state index in [1.165, 1.54) is 0 Å². The minimum absolute atomic E-state index is 0.759. The van der Waals surface area contributed by atoms with Crippen molar-refractivity contribution in [1.82, 2.24) is 39.0 Å². The average Bonchev–Trinajstić information content (AvgIpc) is 4.11. The molecule has 0 aliphatic heterocycles. The van der Waals surface area contributed by atoms with Gasteiger partial charge in [0.1, 0.15) is 27.8 Å². The summed E-state index contributed by atoms with van der Waals surface area (Å²) in [5, 5.41) is 6.03. The van der Waals surface area contributed by atoms with Gasteiger partial charge in [-0.1, -0.05) is 60.7 Å². The van der Waals surface area contributed by atoms with Gasteiger partial charge in [-0.15, -0.1) is 0 Å². The highest BCUT2D eigenvalue weighted by atomic mass is 16.3. The third kappa shape index (κ3) is 5.01. The Morgan fingerprint density at radius 1 is 0.375 bits per heavy atom. The van der Waals surface area contributed by atoms with E-state index in [1.807, 2.05) is 42.7 Å². The molecule has 14 aromatic rings. The van der Waals surface area contributed by atoms with Crippen molar-refractivity contribution in [3.8, 4) is 44.8 Å². The molecule has 64 heavy (non-hydrogen) atoms. The second-order valence-electron chi connectivity index (χ2n) is 16.0. The van der Waals surface area contributed by atoms with Crippen LogP contribution in [0.25, 0.3) is 133 Å². The number of pyridine rings is 2. The fourth-order valence-electron chi connectivity index (χ4n) is 9.65. The Kier molecular flexibility index (Phi) is 7.17. The number of para-hydroxylation sites is 2. The third-order valence-electron chi connectivity index (χ3n) is 12.5. The van der Waals surface area contributed by atoms with Crippen LogP contribution in [0.15, 0.2) is 192 Å². The van der Waals surface area contributed by atoms with Crippen LogP contribution < -0.4 is 0 Å². The number of rotatable bonds is 5. The van der Waals surface area contributed by atoms with E-state index in [4.69, 9.17) is 28.8 Å². The topological polar surface area (TPSA) is 113 Å². The van der Waals surface area contributed by atoms with Gasteiger partial charge in [-0.25, -0.2) is 9.97 Å². The predicted molar refractivity (Wildman–Crippen MR) is 253 cm³/mol. The van der Waals surface area contributed by atoms with Gasteiger partial charge in [0.15, 0.2) is 16.9 Å². The number of hydrogen-bond donors (Lipinski definition) is 0. The minimum atomic E-state index is 0.759. The smallest absolute Gasteiger partial charge is 0.164 e. The van der Waals surface area contributed by atoms with Crippen molar-refractivity contribution in [3.63, 3.8) is 0 Å². The van der Waals surface area contributed by atoms with Crippen LogP contribution in [0.2, 0.25) is 0 Å². The molecule has 0 saturated carbocycles. The Balaban J connectivity index is 0.996. The summed E-state index contributed by atoms with van der Waals surface area (Å²) in [5.41, 5.74) is 16.2. The van der Waals surface area contributed by atoms with E-state index in [-0.39, 0.29) is 0 Å². The van der Waals surface area contributed by atoms with Crippen molar-refractivity contribution in [2.24, 2.45) is 0 Å². The van der Waals surface area contributed by atoms with Crippen LogP contribution in [0.1, 0.15) is 0 Å². The van der Waals surface area contributed by atoms with E-state index in [9.17, 15) is 0 Å². The van der Waals surface area contributed by atoms with Crippen molar-refractivity contribution in [2.45, 2.75) is 0 Å². The van der Waals surface area contributed by atoms with Gasteiger partial charge in [0.05, 0.1) is 16.7 Å². The summed E-state index contributed by atoms with van der Waals surface area (Å²) in [6.45, 7) is 0. The molecule has 0 spiro atoms. The first-order valence-corrected chi connectivity index (χ1v) is 21.0. The van der Waals surface area contributed by atoms with Crippen molar-refractivity contribution in [3.05, 3.63) is 183 Å². The zero-order valence-electron chi connectivity index (χ0n) is 33.7. The number of furan rings is 2. The summed E-state index contributed by atoms with van der Waals surface area (Å²) in [5.74, 6) is 0. The molecule has 298 valence electrons. The Labute approximate surface area is 362 Å². The second-order valence-corrected chi connectivity index (χ2v) is 16.0. The first-order valence-electron chi connectivity index (χ1n) is 21.0. The van der Waals surface area contributed by atoms with Crippen LogP contribution in [0.3, 0.4) is 0 Å². The zero-order valence-corrected chi connectivity index (χ0v) is 33.7. The van der Waals surface area contributed by atoms with Crippen LogP contribution in [0, 0.1) is 0 Å². The van der Waals surface area contributed by atoms with Crippen LogP contribution in [0.5, 0.6) is 0 Å². The number of hydrogen-bond acceptors (Lipinski definition) is 8. The number of fused-ring (bicyclic) bond motifs is 12. The lowest BCUT2D eigenvalue weighted by Crippen LogP contribution is -1.97. The maximum Gasteiger partial charge on any atom is 0.164 e. The molecule has 0 fully saturated rings. The molecule has 0 unspecified atom stereocenters. The van der Waals surface area contributed by atoms with E-state index in [0.717, 1.165) is 133 Å². The summed E-state index contributed by atoms with van der Waals surface area (Å²) in [7, 11) is 0. The largest absolute Gasteiger partial charge is 0.455 e. The highest BCUT2D eigenvalue weighted by molar-refractivity contribution is 6.15. The normalized spacial score (nSPS) is 12.1. The molecule has 10 nitrogen and oxygen atoms in total. The highest BCUT2D eigenvalue weighted by Gasteiger charge is 2.23. The van der Waals surface area contributed by atoms with Crippen LogP contribution in [-0.2, 0) is 0 Å². The quantitative estimate of drug-likeness (QED) is 0.169. The van der Waals surface area contributed by atoms with Gasteiger partial charge < -0.3 is 8.83 Å². The molecule has 0 saturated heterocycles. The minimum Gasteiger partial charge on any atom is -0.455 e. The molecule has 6 aromatic carbocycles. The van der Waals surface area contributed by atoms with Gasteiger partial charge in [-0.05, 0) is 89.5 Å². The molecule has 8 heterocycles. The van der Waals surface area contributed by atoms with Crippen LogP contribution >= 0.6 is 0 Å². The second kappa shape index (κ2) is 13.2. The number of nitrogens with zero attached hydrogens (tertiary/aromatic N) is 8. The van der Waals surface area contributed by atoms with Gasteiger partial charge in [0, 0.05) is 104 Å². The molecule has 0 atom stereocenters. The predicted octanol–water partition coefficient (Wildman–Crippen LogP) is 13.1. The van der Waals surface area contributed by atoms with Crippen LogP contribution in [-0.4, -0.2) is 39.0 Å². The van der Waals surface area contributed by atoms with E-state index < -0.39 is 0 Å². The monoisotopic (exact) mass is 822 g/mol. The van der Waals surface area contributed by atoms with Crippen molar-refractivity contribution in [2.75, 3.05) is 0 Å². The fraction of sp³-hybridized carbons (Fsp3) is 0. The lowest BCUT2D eigenvalue weighted by atomic mass is 9.98. The molecule has 0 aliphatic carbocycles. The van der Waals surface area contributed by atoms with E-state index in [1.54, 1.807) is 37.2 Å². The van der Waals surface area contributed by atoms with E-state index >= 15 is 0 Å². The number of aromatic nitrogens is 8. The molecule has 0 radical (unpaired) electrons. The van der Waals surface area contributed by atoms with E-state index in [0.29, 0.717) is 0 Å². The van der Waals surface area contributed by atoms with Gasteiger partial charge in [0.25, 0.3) is 0 Å². The molecule has 10 heteroatoms. The Bertz CT molecular complexity index is 4080. The lowest BCUT2D eigenvalue weighted by molar-refractivity contribution is 0.666. The molecular weight excluding hydrogens is 793 g/mol. The fourth-order valence-corrected chi connectivity index (χ4v) is 9.65. The summed E-state index contributed by atoms with van der Waals surface area (Å²) in [6.07, 6.45) is 14.3. The van der Waals surface area contributed by atoms with E-state index in [2.05, 4.69) is 122 Å². The maximum absolute atomic E-state index is 6.85. The van der Waals surface area contributed by atoms with Crippen molar-refractivity contribution < 1.29 is 8.83 Å². The van der Waals surface area contributed by atoms with Crippen molar-refractivity contribution >= 4 is 88.0 Å².